The van der Waals surface area contributed by atoms with E-state index in [4.69, 9.17) is 4.74 Å². The van der Waals surface area contributed by atoms with Crippen LogP contribution in [0, 0.1) is 0 Å². The minimum absolute atomic E-state index is 0.00563. The number of ether oxygens (including phenoxy) is 1. The zero-order valence-corrected chi connectivity index (χ0v) is 11.8. The molecule has 0 aliphatic carbocycles. The highest BCUT2D eigenvalue weighted by atomic mass is 32.1. The zero-order valence-electron chi connectivity index (χ0n) is 10.9. The predicted molar refractivity (Wildman–Crippen MR) is 72.1 cm³/mol. The first-order valence-corrected chi connectivity index (χ1v) is 6.93. The Labute approximate surface area is 111 Å². The van der Waals surface area contributed by atoms with Crippen molar-refractivity contribution in [2.24, 2.45) is 0 Å². The number of hydrogen-bond acceptors (Lipinski definition) is 5. The lowest BCUT2D eigenvalue weighted by Crippen LogP contribution is -2.48. The smallest absolute Gasteiger partial charge is 0.245 e. The molecule has 100 valence electrons. The monoisotopic (exact) mass is 269 g/mol. The molecule has 18 heavy (non-hydrogen) atoms. The molecule has 0 bridgehead atoms. The molecule has 1 aliphatic rings. The molecule has 6 heteroatoms. The van der Waals surface area contributed by atoms with Gasteiger partial charge in [0.2, 0.25) is 5.91 Å². The molecule has 1 aliphatic heterocycles. The van der Waals surface area contributed by atoms with E-state index in [-0.39, 0.29) is 17.4 Å². The van der Waals surface area contributed by atoms with Crippen molar-refractivity contribution in [3.05, 3.63) is 11.1 Å². The van der Waals surface area contributed by atoms with E-state index in [9.17, 15) is 4.79 Å². The summed E-state index contributed by atoms with van der Waals surface area (Å²) in [6, 6.07) is -0.277. The molecular formula is C12H19N3O2S. The van der Waals surface area contributed by atoms with Gasteiger partial charge in [-0.2, -0.15) is 0 Å². The molecule has 2 heterocycles. The van der Waals surface area contributed by atoms with Crippen LogP contribution >= 0.6 is 11.3 Å². The lowest BCUT2D eigenvalue weighted by molar-refractivity contribution is -0.120. The second kappa shape index (κ2) is 5.34. The molecule has 0 spiro atoms. The third kappa shape index (κ3) is 3.28. The van der Waals surface area contributed by atoms with Crippen molar-refractivity contribution < 1.29 is 9.53 Å². The summed E-state index contributed by atoms with van der Waals surface area (Å²) in [5.41, 5.74) is 1.00. The number of thiazole rings is 1. The number of morpholine rings is 1. The average Bonchev–Trinajstić information content (AvgIpc) is 2.78. The molecule has 0 saturated carbocycles. The van der Waals surface area contributed by atoms with Gasteiger partial charge in [0.1, 0.15) is 6.04 Å². The van der Waals surface area contributed by atoms with Gasteiger partial charge in [-0.05, 0) is 0 Å². The Morgan fingerprint density at radius 3 is 2.94 bits per heavy atom. The molecule has 1 atom stereocenters. The highest BCUT2D eigenvalue weighted by Crippen LogP contribution is 2.26. The van der Waals surface area contributed by atoms with Crippen molar-refractivity contribution in [3.8, 4) is 0 Å². The largest absolute Gasteiger partial charge is 0.378 e. The summed E-state index contributed by atoms with van der Waals surface area (Å²) in [5, 5.41) is 8.58. The third-order valence-corrected chi connectivity index (χ3v) is 3.50. The van der Waals surface area contributed by atoms with E-state index in [0.29, 0.717) is 24.9 Å². The van der Waals surface area contributed by atoms with E-state index in [2.05, 4.69) is 36.4 Å². The van der Waals surface area contributed by atoms with Gasteiger partial charge in [-0.3, -0.25) is 4.79 Å². The topological polar surface area (TPSA) is 63.2 Å². The second-order valence-electron chi connectivity index (χ2n) is 5.36. The lowest BCUT2D eigenvalue weighted by atomic mass is 9.93. The molecular weight excluding hydrogens is 250 g/mol. The number of rotatable bonds is 2. The molecule has 1 fully saturated rings. The van der Waals surface area contributed by atoms with E-state index in [1.165, 1.54) is 11.3 Å². The molecule has 1 saturated heterocycles. The fourth-order valence-electron chi connectivity index (χ4n) is 1.60. The lowest BCUT2D eigenvalue weighted by Gasteiger charge is -2.22. The van der Waals surface area contributed by atoms with Crippen LogP contribution < -0.4 is 10.6 Å². The standard InChI is InChI=1S/C12H19N3O2S/c1-12(2,3)9-7-18-11(14-9)15-10(16)8-6-17-5-4-13-8/h7-8,13H,4-6H2,1-3H3,(H,14,15,16). The van der Waals surface area contributed by atoms with Crippen molar-refractivity contribution >= 4 is 22.4 Å². The first kappa shape index (κ1) is 13.5. The average molecular weight is 269 g/mol. The summed E-state index contributed by atoms with van der Waals surface area (Å²) in [7, 11) is 0. The Kier molecular flexibility index (Phi) is 3.99. The van der Waals surface area contributed by atoms with Gasteiger partial charge in [0, 0.05) is 17.3 Å². The Balaban J connectivity index is 1.96. The van der Waals surface area contributed by atoms with Gasteiger partial charge in [-0.15, -0.1) is 11.3 Å². The molecule has 2 rings (SSSR count). The van der Waals surface area contributed by atoms with Crippen molar-refractivity contribution in [1.82, 2.24) is 10.3 Å². The first-order valence-electron chi connectivity index (χ1n) is 6.05. The van der Waals surface area contributed by atoms with Gasteiger partial charge in [0.05, 0.1) is 18.9 Å². The number of hydrogen-bond donors (Lipinski definition) is 2. The number of nitrogens with zero attached hydrogens (tertiary/aromatic N) is 1. The maximum absolute atomic E-state index is 11.9. The zero-order chi connectivity index (χ0) is 13.2. The molecule has 1 amide bonds. The highest BCUT2D eigenvalue weighted by Gasteiger charge is 2.23. The summed E-state index contributed by atoms with van der Waals surface area (Å²) in [6.07, 6.45) is 0. The van der Waals surface area contributed by atoms with Gasteiger partial charge in [-0.1, -0.05) is 20.8 Å². The summed E-state index contributed by atoms with van der Waals surface area (Å²) >= 11 is 1.46. The van der Waals surface area contributed by atoms with Crippen LogP contribution in [0.3, 0.4) is 0 Å². The summed E-state index contributed by atoms with van der Waals surface area (Å²) < 4.78 is 5.26. The van der Waals surface area contributed by atoms with Crippen LogP contribution in [0.25, 0.3) is 0 Å². The van der Waals surface area contributed by atoms with Gasteiger partial charge in [-0.25, -0.2) is 4.98 Å². The first-order chi connectivity index (χ1) is 8.47. The molecule has 1 aromatic heterocycles. The maximum atomic E-state index is 11.9. The molecule has 1 unspecified atom stereocenters. The van der Waals surface area contributed by atoms with Crippen molar-refractivity contribution in [2.75, 3.05) is 25.1 Å². The van der Waals surface area contributed by atoms with E-state index >= 15 is 0 Å². The van der Waals surface area contributed by atoms with Crippen LogP contribution in [0.15, 0.2) is 5.38 Å². The highest BCUT2D eigenvalue weighted by molar-refractivity contribution is 7.13. The third-order valence-electron chi connectivity index (χ3n) is 2.74. The normalized spacial score (nSPS) is 20.7. The van der Waals surface area contributed by atoms with E-state index < -0.39 is 0 Å². The van der Waals surface area contributed by atoms with Crippen molar-refractivity contribution in [2.45, 2.75) is 32.2 Å². The van der Waals surface area contributed by atoms with Crippen molar-refractivity contribution in [3.63, 3.8) is 0 Å². The van der Waals surface area contributed by atoms with Gasteiger partial charge >= 0.3 is 0 Å². The van der Waals surface area contributed by atoms with Crippen molar-refractivity contribution in [1.29, 1.82) is 0 Å². The fraction of sp³-hybridized carbons (Fsp3) is 0.667. The van der Waals surface area contributed by atoms with Gasteiger partial charge < -0.3 is 15.4 Å². The number of nitrogens with one attached hydrogen (secondary N) is 2. The van der Waals surface area contributed by atoms with E-state index in [1.54, 1.807) is 0 Å². The van der Waals surface area contributed by atoms with Crippen LogP contribution in [0.5, 0.6) is 0 Å². The number of amides is 1. The molecule has 2 N–H and O–H groups in total. The summed E-state index contributed by atoms with van der Waals surface area (Å²) in [5.74, 6) is -0.0792. The summed E-state index contributed by atoms with van der Waals surface area (Å²) in [6.45, 7) is 8.10. The van der Waals surface area contributed by atoms with Gasteiger partial charge in [0.15, 0.2) is 5.13 Å². The molecule has 0 radical (unpaired) electrons. The van der Waals surface area contributed by atoms with Crippen LogP contribution in [-0.2, 0) is 14.9 Å². The predicted octanol–water partition coefficient (Wildman–Crippen LogP) is 1.37. The Hall–Kier alpha value is -0.980. The van der Waals surface area contributed by atoms with Crippen LogP contribution in [0.1, 0.15) is 26.5 Å². The minimum atomic E-state index is -0.277. The van der Waals surface area contributed by atoms with Crippen LogP contribution in [0.4, 0.5) is 5.13 Å². The second-order valence-corrected chi connectivity index (χ2v) is 6.22. The SMILES string of the molecule is CC(C)(C)c1csc(NC(=O)C2COCCN2)n1. The maximum Gasteiger partial charge on any atom is 0.245 e. The van der Waals surface area contributed by atoms with E-state index in [1.807, 2.05) is 5.38 Å². The van der Waals surface area contributed by atoms with E-state index in [0.717, 1.165) is 5.69 Å². The van der Waals surface area contributed by atoms with Gasteiger partial charge in [0.25, 0.3) is 0 Å². The minimum Gasteiger partial charge on any atom is -0.378 e. The summed E-state index contributed by atoms with van der Waals surface area (Å²) in [4.78, 5) is 16.4. The Morgan fingerprint density at radius 2 is 2.39 bits per heavy atom. The number of aromatic nitrogens is 1. The molecule has 1 aromatic rings. The number of carbonyl (C=O) groups excluding carboxylic acids is 1. The fourth-order valence-corrected chi connectivity index (χ4v) is 2.54. The molecule has 5 nitrogen and oxygen atoms in total. The molecule has 0 aromatic carbocycles. The Bertz CT molecular complexity index is 419. The van der Waals surface area contributed by atoms with Crippen LogP contribution in [-0.4, -0.2) is 36.7 Å². The Morgan fingerprint density at radius 1 is 1.61 bits per heavy atom. The quantitative estimate of drug-likeness (QED) is 0.851. The number of carbonyl (C=O) groups is 1. The number of anilines is 1. The van der Waals surface area contributed by atoms with Crippen LogP contribution in [0.2, 0.25) is 0 Å².